The maximum absolute atomic E-state index is 6.03. The molecule has 0 aliphatic carbocycles. The van der Waals surface area contributed by atoms with Gasteiger partial charge in [0.2, 0.25) is 0 Å². The summed E-state index contributed by atoms with van der Waals surface area (Å²) in [7, 11) is 0. The second-order valence-corrected chi connectivity index (χ2v) is 6.64. The van der Waals surface area contributed by atoms with Crippen LogP contribution in [0.4, 0.5) is 5.69 Å². The van der Waals surface area contributed by atoms with Crippen molar-refractivity contribution >= 4 is 5.69 Å². The van der Waals surface area contributed by atoms with Crippen LogP contribution in [0.25, 0.3) is 0 Å². The molecular weight excluding hydrogens is 284 g/mol. The molecule has 0 spiro atoms. The van der Waals surface area contributed by atoms with Crippen molar-refractivity contribution in [2.75, 3.05) is 25.0 Å². The summed E-state index contributed by atoms with van der Waals surface area (Å²) < 4.78 is 6.03. The lowest BCUT2D eigenvalue weighted by molar-refractivity contribution is 0.162. The van der Waals surface area contributed by atoms with Gasteiger partial charge in [-0.05, 0) is 56.6 Å². The highest BCUT2D eigenvalue weighted by molar-refractivity contribution is 5.46. The van der Waals surface area contributed by atoms with Gasteiger partial charge in [-0.15, -0.1) is 0 Å². The van der Waals surface area contributed by atoms with Crippen LogP contribution in [0.2, 0.25) is 0 Å². The first kappa shape index (κ1) is 18.1. The third kappa shape index (κ3) is 7.74. The number of unbranched alkanes of at least 4 members (excludes halogenated alkanes) is 6. The number of hydrogen-bond donors (Lipinski definition) is 2. The third-order valence-corrected chi connectivity index (χ3v) is 4.55. The maximum atomic E-state index is 6.03. The normalized spacial score (nSPS) is 15.5. The van der Waals surface area contributed by atoms with E-state index in [4.69, 9.17) is 4.74 Å². The summed E-state index contributed by atoms with van der Waals surface area (Å²) in [4.78, 5) is 0. The molecule has 1 aliphatic rings. The van der Waals surface area contributed by atoms with Gasteiger partial charge in [-0.3, -0.25) is 0 Å². The molecule has 0 radical (unpaired) electrons. The molecule has 2 N–H and O–H groups in total. The number of piperidine rings is 1. The minimum Gasteiger partial charge on any atom is -0.490 e. The van der Waals surface area contributed by atoms with Gasteiger partial charge >= 0.3 is 0 Å². The van der Waals surface area contributed by atoms with Crippen LogP contribution in [0.3, 0.4) is 0 Å². The second kappa shape index (κ2) is 11.3. The molecule has 0 aromatic heterocycles. The van der Waals surface area contributed by atoms with Gasteiger partial charge in [-0.2, -0.15) is 0 Å². The van der Waals surface area contributed by atoms with E-state index in [-0.39, 0.29) is 0 Å². The van der Waals surface area contributed by atoms with Crippen molar-refractivity contribution in [3.8, 4) is 5.75 Å². The predicted octanol–water partition coefficient (Wildman–Crippen LogP) is 4.98. The summed E-state index contributed by atoms with van der Waals surface area (Å²) in [6.45, 7) is 5.49. The van der Waals surface area contributed by atoms with Crippen molar-refractivity contribution in [3.63, 3.8) is 0 Å². The van der Waals surface area contributed by atoms with E-state index in [0.29, 0.717) is 6.10 Å². The fraction of sp³-hybridized carbons (Fsp3) is 0.700. The lowest BCUT2D eigenvalue weighted by atomic mass is 10.1. The van der Waals surface area contributed by atoms with Gasteiger partial charge in [0.25, 0.3) is 0 Å². The molecule has 0 saturated carbocycles. The van der Waals surface area contributed by atoms with E-state index >= 15 is 0 Å². The zero-order chi connectivity index (χ0) is 16.2. The van der Waals surface area contributed by atoms with Crippen LogP contribution in [0.1, 0.15) is 64.7 Å². The number of rotatable bonds is 11. The molecule has 0 bridgehead atoms. The van der Waals surface area contributed by atoms with Crippen LogP contribution in [0.5, 0.6) is 5.75 Å². The number of ether oxygens (including phenoxy) is 1. The molecule has 1 heterocycles. The Morgan fingerprint density at radius 2 is 1.61 bits per heavy atom. The quantitative estimate of drug-likeness (QED) is 0.565. The van der Waals surface area contributed by atoms with Crippen molar-refractivity contribution in [2.24, 2.45) is 0 Å². The van der Waals surface area contributed by atoms with Crippen molar-refractivity contribution in [1.29, 1.82) is 0 Å². The van der Waals surface area contributed by atoms with Crippen molar-refractivity contribution in [3.05, 3.63) is 24.3 Å². The summed E-state index contributed by atoms with van der Waals surface area (Å²) in [5.74, 6) is 0.998. The topological polar surface area (TPSA) is 33.3 Å². The van der Waals surface area contributed by atoms with E-state index in [9.17, 15) is 0 Å². The van der Waals surface area contributed by atoms with Crippen molar-refractivity contribution in [2.45, 2.75) is 70.8 Å². The number of hydrogen-bond acceptors (Lipinski definition) is 3. The van der Waals surface area contributed by atoms with Crippen LogP contribution < -0.4 is 15.4 Å². The van der Waals surface area contributed by atoms with E-state index < -0.39 is 0 Å². The molecule has 1 fully saturated rings. The largest absolute Gasteiger partial charge is 0.490 e. The van der Waals surface area contributed by atoms with Crippen molar-refractivity contribution < 1.29 is 4.74 Å². The number of benzene rings is 1. The average Bonchev–Trinajstić information content (AvgIpc) is 2.60. The lowest BCUT2D eigenvalue weighted by Crippen LogP contribution is -2.34. The Morgan fingerprint density at radius 1 is 0.957 bits per heavy atom. The van der Waals surface area contributed by atoms with E-state index in [1.165, 1.54) is 50.6 Å². The average molecular weight is 319 g/mol. The van der Waals surface area contributed by atoms with E-state index in [0.717, 1.165) is 38.2 Å². The number of nitrogens with one attached hydrogen (secondary N) is 2. The molecule has 2 rings (SSSR count). The molecule has 0 unspecified atom stereocenters. The Labute approximate surface area is 142 Å². The summed E-state index contributed by atoms with van der Waals surface area (Å²) in [5, 5.41) is 6.88. The fourth-order valence-corrected chi connectivity index (χ4v) is 3.07. The molecule has 1 aromatic rings. The van der Waals surface area contributed by atoms with Gasteiger partial charge in [0.1, 0.15) is 11.9 Å². The van der Waals surface area contributed by atoms with Gasteiger partial charge < -0.3 is 15.4 Å². The second-order valence-electron chi connectivity index (χ2n) is 6.64. The monoisotopic (exact) mass is 318 g/mol. The Kier molecular flexibility index (Phi) is 8.93. The third-order valence-electron chi connectivity index (χ3n) is 4.55. The Balaban J connectivity index is 1.55. The standard InChI is InChI=1S/C20H34N2O/c1-2-3-4-5-6-7-8-15-22-18-9-11-19(12-10-18)23-20-13-16-21-17-14-20/h9-12,20-22H,2-8,13-17H2,1H3. The highest BCUT2D eigenvalue weighted by Gasteiger charge is 2.14. The first-order valence-corrected chi connectivity index (χ1v) is 9.60. The first-order chi connectivity index (χ1) is 11.4. The number of anilines is 1. The van der Waals surface area contributed by atoms with Gasteiger partial charge in [0.15, 0.2) is 0 Å². The van der Waals surface area contributed by atoms with Crippen LogP contribution in [-0.4, -0.2) is 25.7 Å². The Hall–Kier alpha value is -1.22. The Morgan fingerprint density at radius 3 is 2.30 bits per heavy atom. The van der Waals surface area contributed by atoms with E-state index in [1.807, 2.05) is 0 Å². The minimum atomic E-state index is 0.378. The van der Waals surface area contributed by atoms with Crippen LogP contribution in [0.15, 0.2) is 24.3 Å². The highest BCUT2D eigenvalue weighted by atomic mass is 16.5. The van der Waals surface area contributed by atoms with E-state index in [2.05, 4.69) is 41.8 Å². The highest BCUT2D eigenvalue weighted by Crippen LogP contribution is 2.19. The molecule has 23 heavy (non-hydrogen) atoms. The maximum Gasteiger partial charge on any atom is 0.119 e. The predicted molar refractivity (Wildman–Crippen MR) is 99.4 cm³/mol. The molecule has 1 saturated heterocycles. The Bertz CT molecular complexity index is 399. The summed E-state index contributed by atoms with van der Waals surface area (Å²) in [5.41, 5.74) is 1.20. The fourth-order valence-electron chi connectivity index (χ4n) is 3.07. The first-order valence-electron chi connectivity index (χ1n) is 9.60. The van der Waals surface area contributed by atoms with Gasteiger partial charge in [0.05, 0.1) is 0 Å². The molecule has 0 amide bonds. The van der Waals surface area contributed by atoms with Gasteiger partial charge in [0, 0.05) is 12.2 Å². The SMILES string of the molecule is CCCCCCCCCNc1ccc(OC2CCNCC2)cc1. The van der Waals surface area contributed by atoms with Gasteiger partial charge in [-0.1, -0.05) is 45.4 Å². The molecule has 130 valence electrons. The zero-order valence-corrected chi connectivity index (χ0v) is 14.8. The van der Waals surface area contributed by atoms with Crippen LogP contribution in [0, 0.1) is 0 Å². The summed E-state index contributed by atoms with van der Waals surface area (Å²) >= 11 is 0. The smallest absolute Gasteiger partial charge is 0.119 e. The molecule has 0 atom stereocenters. The van der Waals surface area contributed by atoms with Crippen LogP contribution in [-0.2, 0) is 0 Å². The molecule has 3 heteroatoms. The minimum absolute atomic E-state index is 0.378. The molecular formula is C20H34N2O. The summed E-state index contributed by atoms with van der Waals surface area (Å²) in [6.07, 6.45) is 12.1. The zero-order valence-electron chi connectivity index (χ0n) is 14.8. The van der Waals surface area contributed by atoms with E-state index in [1.54, 1.807) is 0 Å². The molecule has 1 aromatic carbocycles. The van der Waals surface area contributed by atoms with Gasteiger partial charge in [-0.25, -0.2) is 0 Å². The molecule has 3 nitrogen and oxygen atoms in total. The molecule has 1 aliphatic heterocycles. The van der Waals surface area contributed by atoms with Crippen LogP contribution >= 0.6 is 0 Å². The summed E-state index contributed by atoms with van der Waals surface area (Å²) in [6, 6.07) is 8.46. The lowest BCUT2D eigenvalue weighted by Gasteiger charge is -2.23. The van der Waals surface area contributed by atoms with Crippen molar-refractivity contribution in [1.82, 2.24) is 5.32 Å².